The smallest absolute Gasteiger partial charge is 0.336 e. The molecule has 2 atom stereocenters. The highest BCUT2D eigenvalue weighted by Crippen LogP contribution is 2.39. The lowest BCUT2D eigenvalue weighted by atomic mass is 9.85. The molecule has 62 heavy (non-hydrogen) atoms. The minimum Gasteiger partial charge on any atom is -0.478 e. The molecule has 0 radical (unpaired) electrons. The summed E-state index contributed by atoms with van der Waals surface area (Å²) in [5.74, 6) is -0.811. The molecule has 0 bridgehead atoms. The fourth-order valence-corrected chi connectivity index (χ4v) is 9.54. The molecule has 0 amide bonds. The fraction of sp³-hybridized carbons (Fsp3) is 0.333. The minimum absolute atomic E-state index is 0.278. The van der Waals surface area contributed by atoms with Gasteiger partial charge in [0.1, 0.15) is 0 Å². The molecular formula is C54H60N4O4. The van der Waals surface area contributed by atoms with Crippen LogP contribution in [0.4, 0.5) is 0 Å². The van der Waals surface area contributed by atoms with E-state index in [1.807, 2.05) is 0 Å². The summed E-state index contributed by atoms with van der Waals surface area (Å²) >= 11 is 0. The number of hydrogen-bond acceptors (Lipinski definition) is 6. The molecular weight excluding hydrogens is 769 g/mol. The molecule has 0 fully saturated rings. The van der Waals surface area contributed by atoms with Gasteiger partial charge in [-0.1, -0.05) is 113 Å². The fourth-order valence-electron chi connectivity index (χ4n) is 9.54. The van der Waals surface area contributed by atoms with Crippen molar-refractivity contribution in [3.63, 3.8) is 0 Å². The summed E-state index contributed by atoms with van der Waals surface area (Å²) in [5, 5.41) is 18.9. The van der Waals surface area contributed by atoms with Crippen LogP contribution in [0, 0.1) is 0 Å². The van der Waals surface area contributed by atoms with Crippen molar-refractivity contribution in [3.05, 3.63) is 177 Å². The van der Waals surface area contributed by atoms with Crippen molar-refractivity contribution in [2.45, 2.75) is 90.1 Å². The number of aryl methyl sites for hydroxylation is 2. The standard InChI is InChI=1S/2C27H30N2O2/c2*1-18(2)22-6-4-5-7-23(22)19-8-10-24-20(16-19)13-15-29(3)26(24)11-9-21-17-28-14-12-25(21)27(30)31/h2*4-8,10,12,14,16-18,26H,9,11,13,15H2,1-3H3,(H,30,31)/t2*26-/m10/s1. The zero-order valence-corrected chi connectivity index (χ0v) is 37.0. The molecule has 2 aliphatic rings. The van der Waals surface area contributed by atoms with Gasteiger partial charge in [-0.25, -0.2) is 9.59 Å². The lowest BCUT2D eigenvalue weighted by molar-refractivity contribution is 0.0684. The number of likely N-dealkylation sites (N-methyl/N-ethyl adjacent to an activating group) is 2. The largest absolute Gasteiger partial charge is 0.478 e. The Morgan fingerprint density at radius 3 is 1.39 bits per heavy atom. The number of hydrogen-bond donors (Lipinski definition) is 2. The molecule has 4 aromatic carbocycles. The van der Waals surface area contributed by atoms with Crippen LogP contribution in [0.15, 0.2) is 122 Å². The third kappa shape index (κ3) is 9.88. The zero-order valence-electron chi connectivity index (χ0n) is 37.0. The molecule has 6 aromatic rings. The van der Waals surface area contributed by atoms with Crippen LogP contribution in [0.5, 0.6) is 0 Å². The quantitative estimate of drug-likeness (QED) is 0.126. The predicted octanol–water partition coefficient (Wildman–Crippen LogP) is 11.5. The summed E-state index contributed by atoms with van der Waals surface area (Å²) in [6.07, 6.45) is 11.7. The van der Waals surface area contributed by atoms with E-state index < -0.39 is 11.9 Å². The van der Waals surface area contributed by atoms with Crippen molar-refractivity contribution in [1.29, 1.82) is 0 Å². The van der Waals surface area contributed by atoms with Crippen molar-refractivity contribution in [2.24, 2.45) is 0 Å². The van der Waals surface area contributed by atoms with E-state index in [0.717, 1.165) is 49.9 Å². The van der Waals surface area contributed by atoms with Gasteiger partial charge in [-0.3, -0.25) is 19.8 Å². The van der Waals surface area contributed by atoms with Gasteiger partial charge in [0.15, 0.2) is 0 Å². The summed E-state index contributed by atoms with van der Waals surface area (Å²) in [6, 6.07) is 34.9. The van der Waals surface area contributed by atoms with E-state index in [0.29, 0.717) is 35.8 Å². The Morgan fingerprint density at radius 2 is 1.00 bits per heavy atom. The summed E-state index contributed by atoms with van der Waals surface area (Å²) in [5.41, 5.74) is 15.8. The molecule has 0 spiro atoms. The third-order valence-electron chi connectivity index (χ3n) is 13.0. The molecule has 8 heteroatoms. The van der Waals surface area contributed by atoms with E-state index in [9.17, 15) is 19.8 Å². The van der Waals surface area contributed by atoms with E-state index in [1.54, 1.807) is 36.9 Å². The normalized spacial score (nSPS) is 16.3. The molecule has 2 aromatic heterocycles. The molecule has 0 saturated carbocycles. The Balaban J connectivity index is 0.000000186. The lowest BCUT2D eigenvalue weighted by Gasteiger charge is -2.35. The summed E-state index contributed by atoms with van der Waals surface area (Å²) in [6.45, 7) is 11.0. The van der Waals surface area contributed by atoms with Gasteiger partial charge < -0.3 is 10.2 Å². The summed E-state index contributed by atoms with van der Waals surface area (Å²) in [4.78, 5) is 36.2. The molecule has 0 aliphatic carbocycles. The molecule has 2 N–H and O–H groups in total. The van der Waals surface area contributed by atoms with Crippen molar-refractivity contribution in [3.8, 4) is 22.3 Å². The molecule has 8 rings (SSSR count). The first kappa shape index (κ1) is 44.1. The minimum atomic E-state index is -0.886. The van der Waals surface area contributed by atoms with E-state index in [4.69, 9.17) is 0 Å². The first-order valence-corrected chi connectivity index (χ1v) is 22.1. The Bertz CT molecular complexity index is 2350. The highest BCUT2D eigenvalue weighted by molar-refractivity contribution is 5.89. The van der Waals surface area contributed by atoms with Crippen molar-refractivity contribution >= 4 is 11.9 Å². The van der Waals surface area contributed by atoms with Crippen LogP contribution in [0.2, 0.25) is 0 Å². The first-order chi connectivity index (χ1) is 29.9. The monoisotopic (exact) mass is 828 g/mol. The topological polar surface area (TPSA) is 107 Å². The number of rotatable bonds is 12. The SMILES string of the molecule is CC(C)c1ccccc1-c1ccc2c(c1)CCN(C)[C@@H]2CCc1cnccc1C(=O)O.CC(C)c1ccccc1-c1ccc2c(c1)CCN(C)[C@H]2CCc1cnccc1C(=O)O. The number of fused-ring (bicyclic) bond motifs is 2. The van der Waals surface area contributed by atoms with E-state index in [-0.39, 0.29) is 12.1 Å². The molecule has 4 heterocycles. The summed E-state index contributed by atoms with van der Waals surface area (Å²) in [7, 11) is 4.33. The molecule has 2 aliphatic heterocycles. The van der Waals surface area contributed by atoms with Gasteiger partial charge in [0, 0.05) is 50.0 Å². The Labute approximate surface area is 367 Å². The first-order valence-electron chi connectivity index (χ1n) is 22.1. The highest BCUT2D eigenvalue weighted by Gasteiger charge is 2.27. The molecule has 0 saturated heterocycles. The second-order valence-corrected chi connectivity index (χ2v) is 17.6. The second-order valence-electron chi connectivity index (χ2n) is 17.6. The Morgan fingerprint density at radius 1 is 0.597 bits per heavy atom. The maximum atomic E-state index is 11.5. The van der Waals surface area contributed by atoms with Gasteiger partial charge in [0.2, 0.25) is 0 Å². The average Bonchev–Trinajstić information content (AvgIpc) is 3.28. The van der Waals surface area contributed by atoms with Crippen molar-refractivity contribution in [2.75, 3.05) is 27.2 Å². The Hall–Kier alpha value is -5.96. The van der Waals surface area contributed by atoms with Gasteiger partial charge in [-0.2, -0.15) is 0 Å². The van der Waals surface area contributed by atoms with Crippen LogP contribution >= 0.6 is 0 Å². The second kappa shape index (κ2) is 19.8. The van der Waals surface area contributed by atoms with Gasteiger partial charge in [0.25, 0.3) is 0 Å². The van der Waals surface area contributed by atoms with Gasteiger partial charge in [-0.15, -0.1) is 0 Å². The number of pyridine rings is 2. The summed E-state index contributed by atoms with van der Waals surface area (Å²) < 4.78 is 0. The van der Waals surface area contributed by atoms with Crippen LogP contribution in [0.1, 0.15) is 130 Å². The number of carbonyl (C=O) groups is 2. The maximum absolute atomic E-state index is 11.5. The number of aromatic carboxylic acids is 2. The van der Waals surface area contributed by atoms with Gasteiger partial charge >= 0.3 is 11.9 Å². The highest BCUT2D eigenvalue weighted by atomic mass is 16.4. The predicted molar refractivity (Wildman–Crippen MR) is 249 cm³/mol. The van der Waals surface area contributed by atoms with Crippen molar-refractivity contribution < 1.29 is 19.8 Å². The number of aromatic nitrogens is 2. The number of benzene rings is 4. The zero-order chi connectivity index (χ0) is 43.9. The van der Waals surface area contributed by atoms with Gasteiger partial charge in [0.05, 0.1) is 11.1 Å². The third-order valence-corrected chi connectivity index (χ3v) is 13.0. The lowest BCUT2D eigenvalue weighted by Crippen LogP contribution is -2.32. The van der Waals surface area contributed by atoms with Crippen LogP contribution < -0.4 is 0 Å². The van der Waals surface area contributed by atoms with E-state index >= 15 is 0 Å². The van der Waals surface area contributed by atoms with Crippen LogP contribution in [-0.2, 0) is 25.7 Å². The van der Waals surface area contributed by atoms with E-state index in [1.165, 1.54) is 55.6 Å². The number of carboxylic acids is 2. The van der Waals surface area contributed by atoms with Crippen molar-refractivity contribution in [1.82, 2.24) is 19.8 Å². The number of nitrogens with zero attached hydrogens (tertiary/aromatic N) is 4. The molecule has 0 unspecified atom stereocenters. The van der Waals surface area contributed by atoms with E-state index in [2.05, 4.69) is 146 Å². The maximum Gasteiger partial charge on any atom is 0.336 e. The van der Waals surface area contributed by atoms with Crippen LogP contribution in [0.3, 0.4) is 0 Å². The molecule has 320 valence electrons. The Kier molecular flexibility index (Phi) is 14.1. The van der Waals surface area contributed by atoms with Crippen LogP contribution in [0.25, 0.3) is 22.3 Å². The van der Waals surface area contributed by atoms with Crippen LogP contribution in [-0.4, -0.2) is 69.1 Å². The average molecular weight is 829 g/mol. The van der Waals surface area contributed by atoms with Gasteiger partial charge in [-0.05, 0) is 143 Å². The number of carboxylic acid groups (broad SMARTS) is 2. The molecule has 8 nitrogen and oxygen atoms in total.